The number of ether oxygens (including phenoxy) is 1. The summed E-state index contributed by atoms with van der Waals surface area (Å²) < 4.78 is 5.49. The summed E-state index contributed by atoms with van der Waals surface area (Å²) in [5.74, 6) is -0.401. The van der Waals surface area contributed by atoms with Gasteiger partial charge in [-0.3, -0.25) is 9.59 Å². The smallest absolute Gasteiger partial charge is 0.410 e. The second kappa shape index (κ2) is 10.7. The molecule has 2 aliphatic heterocycles. The minimum atomic E-state index is -0.618. The van der Waals surface area contributed by atoms with Gasteiger partial charge in [-0.2, -0.15) is 0 Å². The number of fused-ring (bicyclic) bond motifs is 1. The average Bonchev–Trinajstić information content (AvgIpc) is 3.55. The molecule has 2 aromatic carbocycles. The molecule has 0 saturated carbocycles. The van der Waals surface area contributed by atoms with Crippen LogP contribution in [-0.2, 0) is 16.1 Å². The zero-order valence-corrected chi connectivity index (χ0v) is 23.5. The van der Waals surface area contributed by atoms with Gasteiger partial charge >= 0.3 is 6.09 Å². The van der Waals surface area contributed by atoms with Gasteiger partial charge in [0, 0.05) is 55.6 Å². The van der Waals surface area contributed by atoms with Crippen LogP contribution in [0.25, 0.3) is 11.1 Å². The van der Waals surface area contributed by atoms with Crippen LogP contribution in [0, 0.1) is 0 Å². The normalized spacial score (nSPS) is 16.2. The molecule has 9 nitrogen and oxygen atoms in total. The maximum Gasteiger partial charge on any atom is 0.410 e. The number of anilines is 2. The summed E-state index contributed by atoms with van der Waals surface area (Å²) in [6.07, 6.45) is 1.36. The molecule has 2 aliphatic rings. The predicted molar refractivity (Wildman–Crippen MR) is 152 cm³/mol. The first-order valence-corrected chi connectivity index (χ1v) is 13.9. The summed E-state index contributed by atoms with van der Waals surface area (Å²) in [7, 11) is 0. The van der Waals surface area contributed by atoms with E-state index in [4.69, 9.17) is 4.74 Å². The van der Waals surface area contributed by atoms with Gasteiger partial charge in [-0.15, -0.1) is 11.3 Å². The molecule has 1 saturated heterocycles. The van der Waals surface area contributed by atoms with E-state index in [0.29, 0.717) is 30.3 Å². The van der Waals surface area contributed by atoms with Gasteiger partial charge in [0.1, 0.15) is 11.6 Å². The molecule has 5 rings (SSSR count). The van der Waals surface area contributed by atoms with E-state index in [1.54, 1.807) is 28.3 Å². The maximum absolute atomic E-state index is 13.2. The Bertz CT molecular complexity index is 1360. The molecule has 204 valence electrons. The lowest BCUT2D eigenvalue weighted by atomic mass is 10.00. The highest BCUT2D eigenvalue weighted by atomic mass is 32.1. The first-order valence-electron chi connectivity index (χ1n) is 13.1. The molecule has 1 N–H and O–H groups in total. The molecule has 39 heavy (non-hydrogen) atoms. The van der Waals surface area contributed by atoms with Crippen LogP contribution >= 0.6 is 11.3 Å². The summed E-state index contributed by atoms with van der Waals surface area (Å²) in [6.45, 7) is 10.4. The topological polar surface area (TPSA) is 95.1 Å². The predicted octanol–water partition coefficient (Wildman–Crippen LogP) is 4.85. The van der Waals surface area contributed by atoms with Crippen molar-refractivity contribution in [2.24, 2.45) is 0 Å². The Morgan fingerprint density at radius 1 is 1.03 bits per heavy atom. The molecule has 0 radical (unpaired) electrons. The quantitative estimate of drug-likeness (QED) is 0.491. The van der Waals surface area contributed by atoms with Crippen LogP contribution in [0.1, 0.15) is 43.6 Å². The van der Waals surface area contributed by atoms with Gasteiger partial charge in [-0.05, 0) is 62.6 Å². The highest BCUT2D eigenvalue weighted by molar-refractivity contribution is 7.13. The summed E-state index contributed by atoms with van der Waals surface area (Å²) in [4.78, 5) is 48.0. The minimum Gasteiger partial charge on any atom is -0.444 e. The molecule has 10 heteroatoms. The van der Waals surface area contributed by atoms with Crippen LogP contribution in [0.15, 0.2) is 54.0 Å². The molecule has 3 heterocycles. The second-order valence-corrected chi connectivity index (χ2v) is 11.7. The summed E-state index contributed by atoms with van der Waals surface area (Å²) in [5, 5.41) is 5.09. The number of benzene rings is 2. The van der Waals surface area contributed by atoms with Crippen molar-refractivity contribution in [3.05, 3.63) is 65.2 Å². The zero-order valence-electron chi connectivity index (χ0n) is 22.6. The molecule has 3 amide bonds. The van der Waals surface area contributed by atoms with Gasteiger partial charge in [-0.25, -0.2) is 9.78 Å². The van der Waals surface area contributed by atoms with Gasteiger partial charge in [0.15, 0.2) is 5.13 Å². The monoisotopic (exact) mass is 547 g/mol. The molecule has 1 aromatic heterocycles. The van der Waals surface area contributed by atoms with Gasteiger partial charge in [0.2, 0.25) is 5.91 Å². The van der Waals surface area contributed by atoms with Gasteiger partial charge < -0.3 is 24.8 Å². The molecule has 0 spiro atoms. The highest BCUT2D eigenvalue weighted by Crippen LogP contribution is 2.31. The maximum atomic E-state index is 13.2. The summed E-state index contributed by atoms with van der Waals surface area (Å²) >= 11 is 1.34. The minimum absolute atomic E-state index is 0.145. The Labute approximate surface area is 232 Å². The second-order valence-electron chi connectivity index (χ2n) is 10.8. The van der Waals surface area contributed by atoms with Crippen molar-refractivity contribution in [2.45, 2.75) is 45.9 Å². The van der Waals surface area contributed by atoms with Crippen molar-refractivity contribution in [1.82, 2.24) is 14.8 Å². The number of hydrogen-bond donors (Lipinski definition) is 1. The van der Waals surface area contributed by atoms with Crippen LogP contribution in [-0.4, -0.2) is 70.5 Å². The van der Waals surface area contributed by atoms with Crippen LogP contribution in [0.4, 0.5) is 15.6 Å². The number of nitrogens with one attached hydrogen (secondary N) is 1. The molecule has 0 bridgehead atoms. The van der Waals surface area contributed by atoms with E-state index in [9.17, 15) is 14.4 Å². The number of hydrogen-bond acceptors (Lipinski definition) is 7. The summed E-state index contributed by atoms with van der Waals surface area (Å²) in [6, 6.07) is 13.5. The zero-order chi connectivity index (χ0) is 27.7. The highest BCUT2D eigenvalue weighted by Gasteiger charge is 2.34. The van der Waals surface area contributed by atoms with Crippen LogP contribution in [0.5, 0.6) is 0 Å². The fourth-order valence-corrected chi connectivity index (χ4v) is 5.32. The van der Waals surface area contributed by atoms with Crippen LogP contribution in [0.3, 0.4) is 0 Å². The van der Waals surface area contributed by atoms with Gasteiger partial charge in [0.05, 0.1) is 0 Å². The molecule has 1 fully saturated rings. The van der Waals surface area contributed by atoms with Gasteiger partial charge in [0.25, 0.3) is 5.91 Å². The standard InChI is InChI=1S/C29H33N5O4S/c1-19(25(35)31-27-30-11-16-39-27)34-18-22-6-5-21(17-24(22)26(34)36)20-7-9-23(10-8-20)32-12-14-33(15-13-32)28(37)38-29(2,3)4/h5-11,16-17,19H,12-15,18H2,1-4H3,(H,30,31,35)/t19-/m1/s1. The van der Waals surface area contributed by atoms with Crippen molar-refractivity contribution >= 4 is 40.1 Å². The van der Waals surface area contributed by atoms with E-state index in [1.807, 2.05) is 39.0 Å². The molecule has 3 aromatic rings. The lowest BCUT2D eigenvalue weighted by molar-refractivity contribution is -0.120. The fraction of sp³-hybridized carbons (Fsp3) is 0.379. The lowest BCUT2D eigenvalue weighted by Gasteiger charge is -2.36. The number of carbonyl (C=O) groups excluding carboxylic acids is 3. The van der Waals surface area contributed by atoms with Gasteiger partial charge in [-0.1, -0.05) is 24.3 Å². The van der Waals surface area contributed by atoms with E-state index in [2.05, 4.69) is 39.5 Å². The fourth-order valence-electron chi connectivity index (χ4n) is 4.79. The summed E-state index contributed by atoms with van der Waals surface area (Å²) in [5.41, 5.74) is 4.09. The SMILES string of the molecule is C[C@H](C(=O)Nc1nccs1)N1Cc2ccc(-c3ccc(N4CCN(C(=O)OC(C)(C)C)CC4)cc3)cc2C1=O. The number of thiazole rings is 1. The van der Waals surface area contributed by atoms with E-state index >= 15 is 0 Å². The van der Waals surface area contributed by atoms with E-state index < -0.39 is 11.6 Å². The van der Waals surface area contributed by atoms with Crippen molar-refractivity contribution in [3.8, 4) is 11.1 Å². The Balaban J connectivity index is 1.21. The molecular formula is C29H33N5O4S. The third-order valence-corrected chi connectivity index (χ3v) is 7.64. The number of rotatable bonds is 5. The third kappa shape index (κ3) is 5.90. The largest absolute Gasteiger partial charge is 0.444 e. The van der Waals surface area contributed by atoms with Crippen molar-refractivity contribution in [3.63, 3.8) is 0 Å². The lowest BCUT2D eigenvalue weighted by Crippen LogP contribution is -2.50. The average molecular weight is 548 g/mol. The number of carbonyl (C=O) groups is 3. The van der Waals surface area contributed by atoms with E-state index in [1.165, 1.54) is 11.3 Å². The first-order chi connectivity index (χ1) is 18.6. The van der Waals surface area contributed by atoms with E-state index in [0.717, 1.165) is 35.5 Å². The van der Waals surface area contributed by atoms with Crippen molar-refractivity contribution in [1.29, 1.82) is 0 Å². The number of piperazine rings is 1. The van der Waals surface area contributed by atoms with Crippen molar-refractivity contribution < 1.29 is 19.1 Å². The van der Waals surface area contributed by atoms with Crippen LogP contribution in [0.2, 0.25) is 0 Å². The molecule has 0 aliphatic carbocycles. The molecule has 0 unspecified atom stereocenters. The van der Waals surface area contributed by atoms with Crippen LogP contribution < -0.4 is 10.2 Å². The molecular weight excluding hydrogens is 514 g/mol. The van der Waals surface area contributed by atoms with Crippen molar-refractivity contribution in [2.75, 3.05) is 36.4 Å². The molecule has 1 atom stereocenters. The van der Waals surface area contributed by atoms with E-state index in [-0.39, 0.29) is 17.9 Å². The number of aromatic nitrogens is 1. The Morgan fingerprint density at radius 3 is 2.36 bits per heavy atom. The Kier molecular flexibility index (Phi) is 7.31. The number of amides is 3. The number of nitrogens with zero attached hydrogens (tertiary/aromatic N) is 4. The Morgan fingerprint density at radius 2 is 1.72 bits per heavy atom. The third-order valence-electron chi connectivity index (χ3n) is 6.95. The Hall–Kier alpha value is -3.92. The first kappa shape index (κ1) is 26.7.